The standard InChI is InChI=1S/C8H9F3N2O3/c1-13(7(14)8(9,10)11)6-5-4(2-12-6)15-3-16-5/h2,5-6,12H,3H2,1H3. The molecule has 0 aromatic rings. The first-order chi connectivity index (χ1) is 7.41. The summed E-state index contributed by atoms with van der Waals surface area (Å²) >= 11 is 0. The van der Waals surface area contributed by atoms with Crippen LogP contribution in [0.1, 0.15) is 0 Å². The highest BCUT2D eigenvalue weighted by atomic mass is 19.4. The van der Waals surface area contributed by atoms with Crippen molar-refractivity contribution in [2.45, 2.75) is 18.4 Å². The van der Waals surface area contributed by atoms with Gasteiger partial charge in [0, 0.05) is 13.2 Å². The summed E-state index contributed by atoms with van der Waals surface area (Å²) < 4.78 is 46.6. The number of nitrogens with one attached hydrogen (secondary N) is 1. The van der Waals surface area contributed by atoms with Crippen LogP contribution in [0.25, 0.3) is 0 Å². The molecular formula is C8H9F3N2O3. The summed E-state index contributed by atoms with van der Waals surface area (Å²) in [6.45, 7) is -0.0112. The molecule has 16 heavy (non-hydrogen) atoms. The van der Waals surface area contributed by atoms with E-state index in [1.165, 1.54) is 6.20 Å². The smallest absolute Gasteiger partial charge is 0.467 e. The van der Waals surface area contributed by atoms with Crippen molar-refractivity contribution in [2.24, 2.45) is 0 Å². The van der Waals surface area contributed by atoms with Crippen LogP contribution in [-0.4, -0.2) is 43.1 Å². The predicted octanol–water partition coefficient (Wildman–Crippen LogP) is 0.151. The zero-order valence-electron chi connectivity index (χ0n) is 8.25. The third kappa shape index (κ3) is 1.69. The molecule has 0 aromatic carbocycles. The van der Waals surface area contributed by atoms with Crippen molar-refractivity contribution in [3.8, 4) is 0 Å². The Balaban J connectivity index is 2.07. The van der Waals surface area contributed by atoms with E-state index in [1.807, 2.05) is 0 Å². The minimum Gasteiger partial charge on any atom is -0.467 e. The maximum atomic E-state index is 12.2. The van der Waals surface area contributed by atoms with Gasteiger partial charge in [-0.25, -0.2) is 0 Å². The largest absolute Gasteiger partial charge is 0.471 e. The zero-order valence-corrected chi connectivity index (χ0v) is 8.25. The Morgan fingerprint density at radius 1 is 1.62 bits per heavy atom. The third-order valence-electron chi connectivity index (χ3n) is 2.42. The van der Waals surface area contributed by atoms with Crippen molar-refractivity contribution >= 4 is 5.91 Å². The molecule has 8 heteroatoms. The highest BCUT2D eigenvalue weighted by Crippen LogP contribution is 2.28. The van der Waals surface area contributed by atoms with Crippen LogP contribution in [0.2, 0.25) is 0 Å². The number of nitrogens with zero attached hydrogens (tertiary/aromatic N) is 1. The number of halogens is 3. The molecule has 90 valence electrons. The molecule has 0 bridgehead atoms. The number of fused-ring (bicyclic) bond motifs is 1. The Kier molecular flexibility index (Phi) is 2.45. The molecule has 2 rings (SSSR count). The Morgan fingerprint density at radius 2 is 2.31 bits per heavy atom. The Morgan fingerprint density at radius 3 is 2.94 bits per heavy atom. The van der Waals surface area contributed by atoms with Crippen LogP contribution < -0.4 is 5.32 Å². The van der Waals surface area contributed by atoms with E-state index in [4.69, 9.17) is 9.47 Å². The summed E-state index contributed by atoms with van der Waals surface area (Å²) in [5.74, 6) is -1.51. The monoisotopic (exact) mass is 238 g/mol. The number of hydrogen-bond donors (Lipinski definition) is 1. The molecule has 2 aliphatic heterocycles. The van der Waals surface area contributed by atoms with Gasteiger partial charge < -0.3 is 19.7 Å². The molecule has 0 saturated carbocycles. The summed E-state index contributed by atoms with van der Waals surface area (Å²) in [5, 5.41) is 2.60. The number of likely N-dealkylation sites (N-methyl/N-ethyl adjacent to an activating group) is 1. The van der Waals surface area contributed by atoms with E-state index in [2.05, 4.69) is 5.32 Å². The van der Waals surface area contributed by atoms with E-state index in [-0.39, 0.29) is 6.79 Å². The number of amides is 1. The number of rotatable bonds is 1. The maximum Gasteiger partial charge on any atom is 0.471 e. The molecule has 1 N–H and O–H groups in total. The number of ether oxygens (including phenoxy) is 2. The first-order valence-electron chi connectivity index (χ1n) is 4.46. The zero-order chi connectivity index (χ0) is 11.9. The van der Waals surface area contributed by atoms with Crippen molar-refractivity contribution in [1.82, 2.24) is 10.2 Å². The molecule has 0 aliphatic carbocycles. The molecule has 1 fully saturated rings. The second-order valence-electron chi connectivity index (χ2n) is 3.42. The van der Waals surface area contributed by atoms with Crippen LogP contribution in [0.5, 0.6) is 0 Å². The van der Waals surface area contributed by atoms with Crippen LogP contribution in [-0.2, 0) is 14.3 Å². The van der Waals surface area contributed by atoms with Crippen molar-refractivity contribution in [1.29, 1.82) is 0 Å². The SMILES string of the molecule is CN(C(=O)C(F)(F)F)C1NC=C2OCOC21. The topological polar surface area (TPSA) is 50.8 Å². The molecule has 0 spiro atoms. The van der Waals surface area contributed by atoms with E-state index < -0.39 is 24.4 Å². The van der Waals surface area contributed by atoms with Gasteiger partial charge in [0.05, 0.1) is 0 Å². The fourth-order valence-electron chi connectivity index (χ4n) is 1.61. The van der Waals surface area contributed by atoms with E-state index in [0.29, 0.717) is 10.7 Å². The molecule has 0 aromatic heterocycles. The van der Waals surface area contributed by atoms with Crippen molar-refractivity contribution in [3.63, 3.8) is 0 Å². The van der Waals surface area contributed by atoms with Crippen molar-refractivity contribution in [2.75, 3.05) is 13.8 Å². The summed E-state index contributed by atoms with van der Waals surface area (Å²) in [6.07, 6.45) is -5.04. The fraction of sp³-hybridized carbons (Fsp3) is 0.625. The van der Waals surface area contributed by atoms with Crippen molar-refractivity contribution in [3.05, 3.63) is 12.0 Å². The molecule has 1 amide bonds. The minimum atomic E-state index is -4.89. The highest BCUT2D eigenvalue weighted by molar-refractivity contribution is 5.82. The van der Waals surface area contributed by atoms with E-state index >= 15 is 0 Å². The number of alkyl halides is 3. The average molecular weight is 238 g/mol. The van der Waals surface area contributed by atoms with E-state index in [9.17, 15) is 18.0 Å². The van der Waals surface area contributed by atoms with Crippen LogP contribution in [0.4, 0.5) is 13.2 Å². The van der Waals surface area contributed by atoms with Gasteiger partial charge in [-0.1, -0.05) is 0 Å². The lowest BCUT2D eigenvalue weighted by molar-refractivity contribution is -0.188. The first kappa shape index (κ1) is 11.1. The number of carbonyl (C=O) groups excluding carboxylic acids is 1. The molecule has 2 heterocycles. The van der Waals surface area contributed by atoms with Crippen LogP contribution in [0, 0.1) is 0 Å². The van der Waals surface area contributed by atoms with Gasteiger partial charge in [0.1, 0.15) is 11.9 Å². The molecule has 0 radical (unpaired) electrons. The quantitative estimate of drug-likeness (QED) is 0.706. The molecule has 2 atom stereocenters. The Bertz CT molecular complexity index is 342. The van der Waals surface area contributed by atoms with Crippen LogP contribution >= 0.6 is 0 Å². The van der Waals surface area contributed by atoms with Gasteiger partial charge in [0.25, 0.3) is 0 Å². The highest BCUT2D eigenvalue weighted by Gasteiger charge is 2.48. The second kappa shape index (κ2) is 3.55. The molecule has 2 unspecified atom stereocenters. The van der Waals surface area contributed by atoms with Gasteiger partial charge in [0.2, 0.25) is 0 Å². The van der Waals surface area contributed by atoms with Crippen LogP contribution in [0.3, 0.4) is 0 Å². The Hall–Kier alpha value is -1.44. The molecule has 5 nitrogen and oxygen atoms in total. The lowest BCUT2D eigenvalue weighted by atomic mass is 10.2. The van der Waals surface area contributed by atoms with Gasteiger partial charge in [-0.15, -0.1) is 0 Å². The van der Waals surface area contributed by atoms with Crippen LogP contribution in [0.15, 0.2) is 12.0 Å². The third-order valence-corrected chi connectivity index (χ3v) is 2.42. The van der Waals surface area contributed by atoms with Gasteiger partial charge >= 0.3 is 12.1 Å². The average Bonchev–Trinajstić information content (AvgIpc) is 2.74. The summed E-state index contributed by atoms with van der Waals surface area (Å²) in [5.41, 5.74) is 0. The van der Waals surface area contributed by atoms with E-state index in [0.717, 1.165) is 7.05 Å². The van der Waals surface area contributed by atoms with Gasteiger partial charge in [0.15, 0.2) is 12.9 Å². The number of carbonyl (C=O) groups is 1. The fourth-order valence-corrected chi connectivity index (χ4v) is 1.61. The normalized spacial score (nSPS) is 27.9. The number of hydrogen-bond acceptors (Lipinski definition) is 4. The summed E-state index contributed by atoms with van der Waals surface area (Å²) in [4.78, 5) is 11.5. The maximum absolute atomic E-state index is 12.2. The Labute approximate surface area is 88.8 Å². The second-order valence-corrected chi connectivity index (χ2v) is 3.42. The summed E-state index contributed by atoms with van der Waals surface area (Å²) in [6, 6.07) is 0. The lowest BCUT2D eigenvalue weighted by Crippen LogP contribution is -2.53. The predicted molar refractivity (Wildman–Crippen MR) is 44.7 cm³/mol. The molecule has 2 aliphatic rings. The molecular weight excluding hydrogens is 229 g/mol. The van der Waals surface area contributed by atoms with Gasteiger partial charge in [-0.3, -0.25) is 4.79 Å². The lowest BCUT2D eigenvalue weighted by Gasteiger charge is -2.28. The van der Waals surface area contributed by atoms with Gasteiger partial charge in [-0.05, 0) is 0 Å². The van der Waals surface area contributed by atoms with E-state index in [1.54, 1.807) is 0 Å². The molecule has 1 saturated heterocycles. The van der Waals surface area contributed by atoms with Gasteiger partial charge in [-0.2, -0.15) is 13.2 Å². The minimum absolute atomic E-state index is 0.0112. The summed E-state index contributed by atoms with van der Waals surface area (Å²) in [7, 11) is 1.06. The first-order valence-corrected chi connectivity index (χ1v) is 4.46. The van der Waals surface area contributed by atoms with Crippen molar-refractivity contribution < 1.29 is 27.4 Å².